The number of carbonyl (C=O) groups excluding carboxylic acids is 1. The summed E-state index contributed by atoms with van der Waals surface area (Å²) < 4.78 is 10.1. The van der Waals surface area contributed by atoms with Crippen LogP contribution in [0, 0.1) is 0 Å². The number of hydrogen-bond acceptors (Lipinski definition) is 2. The van der Waals surface area contributed by atoms with Crippen LogP contribution in [0.4, 0.5) is 5.69 Å². The third-order valence-corrected chi connectivity index (χ3v) is 17.5. The van der Waals surface area contributed by atoms with Crippen molar-refractivity contribution < 1.29 is 9.22 Å². The van der Waals surface area contributed by atoms with E-state index in [1.165, 1.54) is 0 Å². The highest BCUT2D eigenvalue weighted by Gasteiger charge is 2.60. The Morgan fingerprint density at radius 3 is 2.00 bits per heavy atom. The maximum absolute atomic E-state index is 14.2. The van der Waals surface area contributed by atoms with Gasteiger partial charge in [-0.3, -0.25) is 4.79 Å². The molecule has 1 amide bonds. The van der Waals surface area contributed by atoms with Crippen LogP contribution in [0.25, 0.3) is 0 Å². The summed E-state index contributed by atoms with van der Waals surface area (Å²) in [5, 5.41) is 0.0832. The quantitative estimate of drug-likeness (QED) is 0.416. The molecular weight excluding hydrogens is 446 g/mol. The van der Waals surface area contributed by atoms with Crippen molar-refractivity contribution in [3.63, 3.8) is 0 Å². The predicted molar refractivity (Wildman–Crippen MR) is 129 cm³/mol. The molecule has 1 heterocycles. The Bertz CT molecular complexity index is 778. The minimum absolute atomic E-state index is 0.0337. The van der Waals surface area contributed by atoms with Crippen LogP contribution in [0.15, 0.2) is 22.7 Å². The second-order valence-electron chi connectivity index (χ2n) is 11.2. The van der Waals surface area contributed by atoms with E-state index >= 15 is 0 Å². The Morgan fingerprint density at radius 2 is 1.57 bits per heavy atom. The lowest BCUT2D eigenvalue weighted by atomic mass is 9.93. The molecular formula is C22H38BrNO2Si2. The molecule has 1 atom stereocenters. The minimum Gasteiger partial charge on any atom is -0.399 e. The van der Waals surface area contributed by atoms with E-state index in [0.717, 1.165) is 15.7 Å². The highest BCUT2D eigenvalue weighted by Crippen LogP contribution is 2.54. The average Bonchev–Trinajstić information content (AvgIpc) is 2.74. The third-order valence-electron chi connectivity index (χ3n) is 7.31. The van der Waals surface area contributed by atoms with Crippen LogP contribution >= 0.6 is 15.9 Å². The van der Waals surface area contributed by atoms with Crippen LogP contribution in [0.3, 0.4) is 0 Å². The standard InChI is InChI=1S/C22H38BrNO2Si2/c1-12-22(26-28(10,11)21(5,6)7)17-15-16(23)13-14-18(17)24(19(22)25)27(8,9)20(2,3)4/h13-15H,12H2,1-11H3. The number of hydrogen-bond donors (Lipinski definition) is 0. The number of halogens is 1. The molecule has 0 saturated carbocycles. The Kier molecular flexibility index (Phi) is 6.02. The summed E-state index contributed by atoms with van der Waals surface area (Å²) in [4.78, 5) is 14.2. The Hall–Kier alpha value is -0.436. The molecule has 1 aromatic rings. The van der Waals surface area contributed by atoms with Gasteiger partial charge in [0, 0.05) is 15.7 Å². The van der Waals surface area contributed by atoms with Gasteiger partial charge < -0.3 is 8.99 Å². The van der Waals surface area contributed by atoms with Crippen molar-refractivity contribution in [2.45, 2.75) is 96.8 Å². The smallest absolute Gasteiger partial charge is 0.255 e. The van der Waals surface area contributed by atoms with E-state index in [9.17, 15) is 4.79 Å². The second-order valence-corrected chi connectivity index (χ2v) is 21.9. The fourth-order valence-electron chi connectivity index (χ4n) is 3.42. The SMILES string of the molecule is CCC1(O[Si](C)(C)C(C)(C)C)C(=O)N([Si](C)(C)C(C)(C)C)c2ccc(Br)cc21. The number of carbonyl (C=O) groups is 1. The van der Waals surface area contributed by atoms with Gasteiger partial charge in [0.15, 0.2) is 22.2 Å². The van der Waals surface area contributed by atoms with Crippen LogP contribution in [-0.4, -0.2) is 22.5 Å². The van der Waals surface area contributed by atoms with E-state index < -0.39 is 22.2 Å². The van der Waals surface area contributed by atoms with Crippen LogP contribution < -0.4 is 4.57 Å². The summed E-state index contributed by atoms with van der Waals surface area (Å²) >= 11 is 3.63. The summed E-state index contributed by atoms with van der Waals surface area (Å²) in [6.45, 7) is 24.6. The first-order chi connectivity index (χ1) is 12.4. The molecule has 0 radical (unpaired) electrons. The maximum atomic E-state index is 14.2. The topological polar surface area (TPSA) is 29.5 Å². The van der Waals surface area contributed by atoms with Crippen molar-refractivity contribution in [1.29, 1.82) is 0 Å². The predicted octanol–water partition coefficient (Wildman–Crippen LogP) is 7.43. The zero-order chi connectivity index (χ0) is 21.9. The summed E-state index contributed by atoms with van der Waals surface area (Å²) in [5.41, 5.74) is 1.18. The number of fused-ring (bicyclic) bond motifs is 1. The molecule has 158 valence electrons. The van der Waals surface area contributed by atoms with E-state index in [0.29, 0.717) is 6.42 Å². The fraction of sp³-hybridized carbons (Fsp3) is 0.682. The first-order valence-electron chi connectivity index (χ1n) is 10.3. The van der Waals surface area contributed by atoms with Gasteiger partial charge in [-0.05, 0) is 47.8 Å². The molecule has 0 spiro atoms. The fourth-order valence-corrected chi connectivity index (χ4v) is 7.46. The molecule has 1 aliphatic heterocycles. The molecule has 3 nitrogen and oxygen atoms in total. The lowest BCUT2D eigenvalue weighted by Crippen LogP contribution is -2.61. The van der Waals surface area contributed by atoms with Gasteiger partial charge in [0.05, 0.1) is 0 Å². The molecule has 0 aromatic heterocycles. The van der Waals surface area contributed by atoms with Crippen molar-refractivity contribution in [2.75, 3.05) is 4.57 Å². The Labute approximate surface area is 182 Å². The van der Waals surface area contributed by atoms with E-state index in [2.05, 4.69) is 107 Å². The van der Waals surface area contributed by atoms with Crippen molar-refractivity contribution in [2.24, 2.45) is 0 Å². The first kappa shape index (κ1) is 23.8. The molecule has 6 heteroatoms. The van der Waals surface area contributed by atoms with Gasteiger partial charge in [0.1, 0.15) is 0 Å². The largest absolute Gasteiger partial charge is 0.399 e. The molecule has 1 aliphatic rings. The zero-order valence-corrected chi connectivity index (χ0v) is 23.2. The summed E-state index contributed by atoms with van der Waals surface area (Å²) in [7, 11) is -4.30. The maximum Gasteiger partial charge on any atom is 0.255 e. The van der Waals surface area contributed by atoms with E-state index in [1.807, 2.05) is 6.07 Å². The number of nitrogens with zero attached hydrogens (tertiary/aromatic N) is 1. The summed E-state index contributed by atoms with van der Waals surface area (Å²) in [6.07, 6.45) is 0.646. The van der Waals surface area contributed by atoms with E-state index in [-0.39, 0.29) is 16.0 Å². The highest BCUT2D eigenvalue weighted by molar-refractivity contribution is 9.10. The molecule has 0 bridgehead atoms. The van der Waals surface area contributed by atoms with Gasteiger partial charge in [-0.25, -0.2) is 0 Å². The van der Waals surface area contributed by atoms with Gasteiger partial charge in [0.2, 0.25) is 0 Å². The minimum atomic E-state index is -2.17. The van der Waals surface area contributed by atoms with Crippen LogP contribution in [0.1, 0.15) is 60.5 Å². The average molecular weight is 485 g/mol. The van der Waals surface area contributed by atoms with Crippen molar-refractivity contribution >= 4 is 44.1 Å². The molecule has 2 rings (SSSR count). The van der Waals surface area contributed by atoms with Gasteiger partial charge in [-0.15, -0.1) is 0 Å². The third kappa shape index (κ3) is 3.59. The van der Waals surface area contributed by atoms with Crippen molar-refractivity contribution in [1.82, 2.24) is 0 Å². The second kappa shape index (κ2) is 7.07. The van der Waals surface area contributed by atoms with Gasteiger partial charge in [-0.2, -0.15) is 0 Å². The van der Waals surface area contributed by atoms with Gasteiger partial charge in [-0.1, -0.05) is 77.5 Å². The number of amides is 1. The van der Waals surface area contributed by atoms with Gasteiger partial charge >= 0.3 is 0 Å². The molecule has 1 aromatic carbocycles. The molecule has 0 aliphatic carbocycles. The zero-order valence-electron chi connectivity index (χ0n) is 19.6. The van der Waals surface area contributed by atoms with Crippen LogP contribution in [0.2, 0.25) is 36.3 Å². The first-order valence-corrected chi connectivity index (χ1v) is 16.9. The van der Waals surface area contributed by atoms with E-state index in [4.69, 9.17) is 4.43 Å². The lowest BCUT2D eigenvalue weighted by Gasteiger charge is -2.46. The normalized spacial score (nSPS) is 21.3. The summed E-state index contributed by atoms with van der Waals surface area (Å²) in [6, 6.07) is 6.26. The highest BCUT2D eigenvalue weighted by atomic mass is 79.9. The van der Waals surface area contributed by atoms with Crippen LogP contribution in [-0.2, 0) is 14.8 Å². The van der Waals surface area contributed by atoms with Crippen molar-refractivity contribution in [3.8, 4) is 0 Å². The monoisotopic (exact) mass is 483 g/mol. The molecule has 28 heavy (non-hydrogen) atoms. The Morgan fingerprint density at radius 1 is 1.04 bits per heavy atom. The molecule has 1 unspecified atom stereocenters. The summed E-state index contributed by atoms with van der Waals surface area (Å²) in [5.74, 6) is 0.138. The van der Waals surface area contributed by atoms with Gasteiger partial charge in [0.25, 0.3) is 5.91 Å². The number of anilines is 1. The Balaban J connectivity index is 2.76. The lowest BCUT2D eigenvalue weighted by molar-refractivity contribution is -0.133. The molecule has 0 saturated heterocycles. The molecule has 0 fully saturated rings. The molecule has 0 N–H and O–H groups in total. The van der Waals surface area contributed by atoms with Crippen molar-refractivity contribution in [3.05, 3.63) is 28.2 Å². The number of benzene rings is 1. The van der Waals surface area contributed by atoms with Crippen LogP contribution in [0.5, 0.6) is 0 Å². The number of rotatable bonds is 4. The van der Waals surface area contributed by atoms with E-state index in [1.54, 1.807) is 0 Å².